The summed E-state index contributed by atoms with van der Waals surface area (Å²) in [5.41, 5.74) is 1.39. The number of likely N-dealkylation sites (tertiary alicyclic amines) is 1. The highest BCUT2D eigenvalue weighted by atomic mass is 16.5. The quantitative estimate of drug-likeness (QED) is 0.781. The first-order valence-electron chi connectivity index (χ1n) is 9.55. The number of ether oxygens (including phenoxy) is 1. The number of hydrogen-bond donors (Lipinski definition) is 1. The number of esters is 1. The van der Waals surface area contributed by atoms with Gasteiger partial charge in [-0.2, -0.15) is 0 Å². The van der Waals surface area contributed by atoms with Gasteiger partial charge in [-0.3, -0.25) is 24.5 Å². The second kappa shape index (κ2) is 9.48. The van der Waals surface area contributed by atoms with Crippen molar-refractivity contribution >= 4 is 23.7 Å². The molecule has 28 heavy (non-hydrogen) atoms. The first-order valence-corrected chi connectivity index (χ1v) is 9.55. The lowest BCUT2D eigenvalue weighted by atomic mass is 9.87. The van der Waals surface area contributed by atoms with Crippen LogP contribution in [0.4, 0.5) is 0 Å². The smallest absolute Gasteiger partial charge is 0.326 e. The summed E-state index contributed by atoms with van der Waals surface area (Å²) in [7, 11) is 0. The Morgan fingerprint density at radius 2 is 1.75 bits per heavy atom. The second-order valence-electron chi connectivity index (χ2n) is 7.99. The minimum Gasteiger partial charge on any atom is -0.454 e. The van der Waals surface area contributed by atoms with Gasteiger partial charge < -0.3 is 9.64 Å². The van der Waals surface area contributed by atoms with Gasteiger partial charge in [0.25, 0.3) is 11.8 Å². The van der Waals surface area contributed by atoms with E-state index in [1.54, 1.807) is 12.1 Å². The first kappa shape index (κ1) is 21.6. The van der Waals surface area contributed by atoms with E-state index in [1.165, 1.54) is 4.90 Å². The van der Waals surface area contributed by atoms with Gasteiger partial charge in [0.05, 0.1) is 0 Å². The van der Waals surface area contributed by atoms with Gasteiger partial charge in [0, 0.05) is 18.5 Å². The fourth-order valence-electron chi connectivity index (χ4n) is 2.91. The summed E-state index contributed by atoms with van der Waals surface area (Å²) in [5.74, 6) is -2.00. The lowest BCUT2D eigenvalue weighted by Gasteiger charge is -2.19. The number of imide groups is 1. The Balaban J connectivity index is 1.79. The maximum absolute atomic E-state index is 12.1. The Labute approximate surface area is 165 Å². The average molecular weight is 388 g/mol. The molecule has 0 aromatic heterocycles. The number of nitrogens with one attached hydrogen (secondary N) is 1. The molecule has 1 saturated heterocycles. The van der Waals surface area contributed by atoms with Crippen LogP contribution in [0.5, 0.6) is 0 Å². The van der Waals surface area contributed by atoms with Crippen LogP contribution in [0.15, 0.2) is 24.3 Å². The third kappa shape index (κ3) is 6.48. The summed E-state index contributed by atoms with van der Waals surface area (Å²) < 4.78 is 4.90. The molecule has 1 aromatic rings. The zero-order chi connectivity index (χ0) is 20.7. The van der Waals surface area contributed by atoms with Crippen LogP contribution < -0.4 is 5.32 Å². The number of hydrogen-bond acceptors (Lipinski definition) is 5. The summed E-state index contributed by atoms with van der Waals surface area (Å²) in [6, 6.07) is 7.00. The molecule has 3 amide bonds. The summed E-state index contributed by atoms with van der Waals surface area (Å²) in [4.78, 5) is 49.2. The number of carbonyl (C=O) groups is 4. The molecule has 1 aliphatic rings. The number of carbonyl (C=O) groups excluding carboxylic acids is 4. The molecule has 1 fully saturated rings. The van der Waals surface area contributed by atoms with Crippen molar-refractivity contribution in [1.82, 2.24) is 10.2 Å². The van der Waals surface area contributed by atoms with Crippen molar-refractivity contribution in [2.75, 3.05) is 19.7 Å². The predicted octanol–water partition coefficient (Wildman–Crippen LogP) is 2.19. The molecule has 0 unspecified atom stereocenters. The van der Waals surface area contributed by atoms with E-state index >= 15 is 0 Å². The highest BCUT2D eigenvalue weighted by Crippen LogP contribution is 2.22. The lowest BCUT2D eigenvalue weighted by molar-refractivity contribution is -0.152. The van der Waals surface area contributed by atoms with Crippen molar-refractivity contribution in [2.24, 2.45) is 0 Å². The average Bonchev–Trinajstić information content (AvgIpc) is 2.84. The van der Waals surface area contributed by atoms with E-state index in [0.29, 0.717) is 18.5 Å². The molecule has 0 saturated carbocycles. The zero-order valence-corrected chi connectivity index (χ0v) is 16.7. The highest BCUT2D eigenvalue weighted by Gasteiger charge is 2.21. The Hall–Kier alpha value is -2.70. The molecular formula is C21H28N2O5. The van der Waals surface area contributed by atoms with Crippen LogP contribution in [-0.2, 0) is 24.5 Å². The standard InChI is InChI=1S/C21H28N2O5/c1-21(2,3)16-10-8-15(9-11-16)20(27)22-17(24)14-28-19(26)13-23-12-6-4-5-7-18(23)25/h8-11H,4-7,12-14H2,1-3H3,(H,22,24,27). The summed E-state index contributed by atoms with van der Waals surface area (Å²) in [6.45, 7) is 5.99. The summed E-state index contributed by atoms with van der Waals surface area (Å²) in [5, 5.41) is 2.20. The van der Waals surface area contributed by atoms with Crippen LogP contribution in [0.3, 0.4) is 0 Å². The van der Waals surface area contributed by atoms with Crippen LogP contribution in [0.1, 0.15) is 62.4 Å². The van der Waals surface area contributed by atoms with Gasteiger partial charge >= 0.3 is 5.97 Å². The third-order valence-corrected chi connectivity index (χ3v) is 4.62. The minimum absolute atomic E-state index is 0.0339. The molecule has 2 rings (SSSR count). The van der Waals surface area contributed by atoms with Crippen molar-refractivity contribution in [3.8, 4) is 0 Å². The largest absolute Gasteiger partial charge is 0.454 e. The Morgan fingerprint density at radius 3 is 2.39 bits per heavy atom. The van der Waals surface area contributed by atoms with Gasteiger partial charge in [-0.1, -0.05) is 39.3 Å². The number of amides is 3. The molecule has 7 nitrogen and oxygen atoms in total. The van der Waals surface area contributed by atoms with E-state index in [1.807, 2.05) is 12.1 Å². The Morgan fingerprint density at radius 1 is 1.07 bits per heavy atom. The van der Waals surface area contributed by atoms with E-state index in [-0.39, 0.29) is 17.9 Å². The van der Waals surface area contributed by atoms with E-state index in [0.717, 1.165) is 24.8 Å². The van der Waals surface area contributed by atoms with Crippen molar-refractivity contribution in [3.63, 3.8) is 0 Å². The van der Waals surface area contributed by atoms with Crippen LogP contribution in [0.2, 0.25) is 0 Å². The normalized spacial score (nSPS) is 15.0. The van der Waals surface area contributed by atoms with Crippen molar-refractivity contribution in [1.29, 1.82) is 0 Å². The second-order valence-corrected chi connectivity index (χ2v) is 7.99. The maximum Gasteiger partial charge on any atom is 0.326 e. The van der Waals surface area contributed by atoms with Gasteiger partial charge in [0.1, 0.15) is 6.54 Å². The molecule has 7 heteroatoms. The molecule has 0 radical (unpaired) electrons. The molecular weight excluding hydrogens is 360 g/mol. The van der Waals surface area contributed by atoms with E-state index in [2.05, 4.69) is 26.1 Å². The fourth-order valence-corrected chi connectivity index (χ4v) is 2.91. The van der Waals surface area contributed by atoms with Gasteiger partial charge in [0.2, 0.25) is 5.91 Å². The zero-order valence-electron chi connectivity index (χ0n) is 16.7. The molecule has 152 valence electrons. The van der Waals surface area contributed by atoms with Gasteiger partial charge in [-0.05, 0) is 36.0 Å². The van der Waals surface area contributed by atoms with Crippen molar-refractivity contribution in [2.45, 2.75) is 51.9 Å². The fraction of sp³-hybridized carbons (Fsp3) is 0.524. The summed E-state index contributed by atoms with van der Waals surface area (Å²) in [6.07, 6.45) is 3.06. The Kier molecular flexibility index (Phi) is 7.31. The molecule has 1 aromatic carbocycles. The van der Waals surface area contributed by atoms with E-state index < -0.39 is 24.4 Å². The van der Waals surface area contributed by atoms with Crippen molar-refractivity contribution < 1.29 is 23.9 Å². The molecule has 0 bridgehead atoms. The first-order chi connectivity index (χ1) is 13.2. The van der Waals surface area contributed by atoms with Crippen molar-refractivity contribution in [3.05, 3.63) is 35.4 Å². The predicted molar refractivity (Wildman–Crippen MR) is 104 cm³/mol. The van der Waals surface area contributed by atoms with Crippen LogP contribution in [-0.4, -0.2) is 48.3 Å². The van der Waals surface area contributed by atoms with E-state index in [9.17, 15) is 19.2 Å². The lowest BCUT2D eigenvalue weighted by Crippen LogP contribution is -2.38. The molecule has 1 aliphatic heterocycles. The van der Waals surface area contributed by atoms with E-state index in [4.69, 9.17) is 4.74 Å². The Bertz CT molecular complexity index is 734. The topological polar surface area (TPSA) is 92.8 Å². The minimum atomic E-state index is -0.708. The molecule has 1 N–H and O–H groups in total. The number of nitrogens with zero attached hydrogens (tertiary/aromatic N) is 1. The monoisotopic (exact) mass is 388 g/mol. The van der Waals surface area contributed by atoms with Gasteiger partial charge in [-0.15, -0.1) is 0 Å². The molecule has 0 atom stereocenters. The maximum atomic E-state index is 12.1. The van der Waals surface area contributed by atoms with Crippen LogP contribution in [0, 0.1) is 0 Å². The third-order valence-electron chi connectivity index (χ3n) is 4.62. The highest BCUT2D eigenvalue weighted by molar-refractivity contribution is 6.05. The number of rotatable bonds is 5. The summed E-state index contributed by atoms with van der Waals surface area (Å²) >= 11 is 0. The van der Waals surface area contributed by atoms with Crippen LogP contribution in [0.25, 0.3) is 0 Å². The van der Waals surface area contributed by atoms with Crippen LogP contribution >= 0.6 is 0 Å². The van der Waals surface area contributed by atoms with Gasteiger partial charge in [-0.25, -0.2) is 0 Å². The number of benzene rings is 1. The molecule has 0 spiro atoms. The molecule has 0 aliphatic carbocycles. The SMILES string of the molecule is CC(C)(C)c1ccc(C(=O)NC(=O)COC(=O)CN2CCCCCC2=O)cc1. The molecule has 1 heterocycles. The van der Waals surface area contributed by atoms with Gasteiger partial charge in [0.15, 0.2) is 6.61 Å².